The van der Waals surface area contributed by atoms with Crippen LogP contribution in [0.4, 0.5) is 0 Å². The summed E-state index contributed by atoms with van der Waals surface area (Å²) in [7, 11) is 0. The monoisotopic (exact) mass is 145 g/mol. The zero-order valence-electron chi connectivity index (χ0n) is 5.58. The molecule has 58 valence electrons. The Balaban J connectivity index is 2.39. The van der Waals surface area contributed by atoms with Crippen molar-refractivity contribution < 1.29 is 15.0 Å². The van der Waals surface area contributed by atoms with Gasteiger partial charge in [0, 0.05) is 6.04 Å². The Kier molecular flexibility index (Phi) is 2.24. The fraction of sp³-hybridized carbons (Fsp3) is 0.833. The Morgan fingerprint density at radius 1 is 1.70 bits per heavy atom. The highest BCUT2D eigenvalue weighted by molar-refractivity contribution is 5.72. The Bertz CT molecular complexity index is 131. The van der Waals surface area contributed by atoms with Gasteiger partial charge in [0.05, 0.1) is 0 Å². The van der Waals surface area contributed by atoms with Gasteiger partial charge in [0.2, 0.25) is 0 Å². The Hall–Kier alpha value is -0.610. The van der Waals surface area contributed by atoms with Crippen molar-refractivity contribution in [3.8, 4) is 0 Å². The Morgan fingerprint density at radius 3 is 2.80 bits per heavy atom. The van der Waals surface area contributed by atoms with Crippen LogP contribution in [0.3, 0.4) is 0 Å². The molecule has 0 amide bonds. The lowest BCUT2D eigenvalue weighted by molar-refractivity contribution is -0.147. The van der Waals surface area contributed by atoms with Crippen molar-refractivity contribution in [1.29, 1.82) is 0 Å². The van der Waals surface area contributed by atoms with Crippen molar-refractivity contribution in [3.05, 3.63) is 0 Å². The highest BCUT2D eigenvalue weighted by atomic mass is 16.4. The summed E-state index contributed by atoms with van der Waals surface area (Å²) in [6, 6.07) is -0.238. The summed E-state index contributed by atoms with van der Waals surface area (Å²) in [5.74, 6) is -1.14. The zero-order chi connectivity index (χ0) is 7.56. The van der Waals surface area contributed by atoms with E-state index in [2.05, 4.69) is 5.32 Å². The number of aliphatic hydroxyl groups is 1. The van der Waals surface area contributed by atoms with Crippen LogP contribution in [0.5, 0.6) is 0 Å². The van der Waals surface area contributed by atoms with Gasteiger partial charge in [0.1, 0.15) is 0 Å². The van der Waals surface area contributed by atoms with Gasteiger partial charge in [-0.2, -0.15) is 0 Å². The predicted molar refractivity (Wildman–Crippen MR) is 34.7 cm³/mol. The number of hydrogen-bond acceptors (Lipinski definition) is 3. The van der Waals surface area contributed by atoms with E-state index in [1.54, 1.807) is 0 Å². The molecule has 0 spiro atoms. The van der Waals surface area contributed by atoms with E-state index in [-0.39, 0.29) is 6.04 Å². The molecule has 0 saturated carbocycles. The van der Waals surface area contributed by atoms with E-state index in [4.69, 9.17) is 10.2 Å². The van der Waals surface area contributed by atoms with E-state index in [9.17, 15) is 4.79 Å². The fourth-order valence-corrected chi connectivity index (χ4v) is 1.15. The molecular formula is C6H11NO3. The minimum absolute atomic E-state index is 0.238. The normalized spacial score (nSPS) is 28.3. The van der Waals surface area contributed by atoms with Gasteiger partial charge in [-0.1, -0.05) is 0 Å². The molecule has 2 unspecified atom stereocenters. The largest absolute Gasteiger partial charge is 0.479 e. The molecule has 1 aliphatic heterocycles. The van der Waals surface area contributed by atoms with Crippen LogP contribution in [0.25, 0.3) is 0 Å². The first-order valence-electron chi connectivity index (χ1n) is 3.36. The molecular weight excluding hydrogens is 134 g/mol. The molecule has 3 N–H and O–H groups in total. The fourth-order valence-electron chi connectivity index (χ4n) is 1.15. The molecule has 1 aliphatic rings. The average Bonchev–Trinajstić information content (AvgIpc) is 2.36. The molecule has 4 nitrogen and oxygen atoms in total. The van der Waals surface area contributed by atoms with Gasteiger partial charge in [0.15, 0.2) is 6.10 Å². The first-order chi connectivity index (χ1) is 4.72. The van der Waals surface area contributed by atoms with Crippen LogP contribution in [-0.4, -0.2) is 34.9 Å². The third-order valence-electron chi connectivity index (χ3n) is 1.73. The first-order valence-corrected chi connectivity index (χ1v) is 3.36. The third kappa shape index (κ3) is 1.46. The van der Waals surface area contributed by atoms with Crippen LogP contribution < -0.4 is 5.32 Å². The van der Waals surface area contributed by atoms with E-state index < -0.39 is 12.1 Å². The van der Waals surface area contributed by atoms with Gasteiger partial charge in [-0.15, -0.1) is 0 Å². The van der Waals surface area contributed by atoms with Gasteiger partial charge in [-0.3, -0.25) is 0 Å². The highest BCUT2D eigenvalue weighted by Gasteiger charge is 2.27. The number of carboxylic acids is 1. The minimum Gasteiger partial charge on any atom is -0.479 e. The van der Waals surface area contributed by atoms with Gasteiger partial charge in [-0.05, 0) is 19.4 Å². The summed E-state index contributed by atoms with van der Waals surface area (Å²) in [4.78, 5) is 10.2. The number of nitrogens with one attached hydrogen (secondary N) is 1. The molecule has 1 heterocycles. The molecule has 0 aromatic carbocycles. The average molecular weight is 145 g/mol. The van der Waals surface area contributed by atoms with E-state index >= 15 is 0 Å². The van der Waals surface area contributed by atoms with Crippen molar-refractivity contribution in [3.63, 3.8) is 0 Å². The molecule has 2 atom stereocenters. The molecule has 0 radical (unpaired) electrons. The number of hydrogen-bond donors (Lipinski definition) is 3. The van der Waals surface area contributed by atoms with E-state index in [0.29, 0.717) is 0 Å². The molecule has 0 aromatic rings. The van der Waals surface area contributed by atoms with Crippen molar-refractivity contribution in [2.24, 2.45) is 0 Å². The van der Waals surface area contributed by atoms with Crippen molar-refractivity contribution >= 4 is 5.97 Å². The number of carboxylic acid groups (broad SMARTS) is 1. The maximum Gasteiger partial charge on any atom is 0.334 e. The third-order valence-corrected chi connectivity index (χ3v) is 1.73. The zero-order valence-corrected chi connectivity index (χ0v) is 5.58. The topological polar surface area (TPSA) is 69.6 Å². The van der Waals surface area contributed by atoms with E-state index in [1.807, 2.05) is 0 Å². The van der Waals surface area contributed by atoms with Crippen molar-refractivity contribution in [2.75, 3.05) is 6.54 Å². The second-order valence-corrected chi connectivity index (χ2v) is 2.49. The summed E-state index contributed by atoms with van der Waals surface area (Å²) in [6.45, 7) is 0.814. The van der Waals surface area contributed by atoms with Gasteiger partial charge >= 0.3 is 5.97 Å². The van der Waals surface area contributed by atoms with Crippen molar-refractivity contribution in [2.45, 2.75) is 25.0 Å². The maximum atomic E-state index is 10.2. The molecule has 4 heteroatoms. The first kappa shape index (κ1) is 7.50. The van der Waals surface area contributed by atoms with Gasteiger partial charge < -0.3 is 15.5 Å². The molecule has 0 aromatic heterocycles. The predicted octanol–water partition coefficient (Wildman–Crippen LogP) is -0.816. The van der Waals surface area contributed by atoms with Crippen LogP contribution in [-0.2, 0) is 4.79 Å². The lowest BCUT2D eigenvalue weighted by Gasteiger charge is -2.12. The highest BCUT2D eigenvalue weighted by Crippen LogP contribution is 2.08. The number of carbonyl (C=O) groups is 1. The number of aliphatic hydroxyl groups excluding tert-OH is 1. The maximum absolute atomic E-state index is 10.2. The lowest BCUT2D eigenvalue weighted by Crippen LogP contribution is -2.40. The van der Waals surface area contributed by atoms with Crippen LogP contribution in [0, 0.1) is 0 Å². The van der Waals surface area contributed by atoms with Crippen LogP contribution in [0.15, 0.2) is 0 Å². The number of aliphatic carboxylic acids is 1. The second kappa shape index (κ2) is 2.98. The minimum atomic E-state index is -1.23. The molecule has 0 aliphatic carbocycles. The van der Waals surface area contributed by atoms with Crippen molar-refractivity contribution in [1.82, 2.24) is 5.32 Å². The molecule has 10 heavy (non-hydrogen) atoms. The van der Waals surface area contributed by atoms with E-state index in [0.717, 1.165) is 19.4 Å². The van der Waals surface area contributed by atoms with Crippen LogP contribution >= 0.6 is 0 Å². The Labute approximate surface area is 58.9 Å². The number of rotatable bonds is 2. The summed E-state index contributed by atoms with van der Waals surface area (Å²) in [6.07, 6.45) is 0.477. The van der Waals surface area contributed by atoms with Crippen LogP contribution in [0.1, 0.15) is 12.8 Å². The standard InChI is InChI=1S/C6H11NO3/c8-5(6(9)10)4-2-1-3-7-4/h4-5,7-8H,1-3H2,(H,9,10). The van der Waals surface area contributed by atoms with Gasteiger partial charge in [-0.25, -0.2) is 4.79 Å². The summed E-state index contributed by atoms with van der Waals surface area (Å²) in [5, 5.41) is 20.2. The molecule has 1 rings (SSSR count). The molecule has 1 saturated heterocycles. The van der Waals surface area contributed by atoms with Gasteiger partial charge in [0.25, 0.3) is 0 Å². The van der Waals surface area contributed by atoms with Crippen LogP contribution in [0.2, 0.25) is 0 Å². The molecule has 1 fully saturated rings. The summed E-state index contributed by atoms with van der Waals surface area (Å²) in [5.41, 5.74) is 0. The summed E-state index contributed by atoms with van der Waals surface area (Å²) < 4.78 is 0. The second-order valence-electron chi connectivity index (χ2n) is 2.49. The quantitative estimate of drug-likeness (QED) is 0.475. The lowest BCUT2D eigenvalue weighted by atomic mass is 10.1. The summed E-state index contributed by atoms with van der Waals surface area (Å²) >= 11 is 0. The smallest absolute Gasteiger partial charge is 0.334 e. The Morgan fingerprint density at radius 2 is 2.40 bits per heavy atom. The molecule has 0 bridgehead atoms. The SMILES string of the molecule is O=C(O)C(O)C1CCCN1. The van der Waals surface area contributed by atoms with E-state index in [1.165, 1.54) is 0 Å².